The maximum atomic E-state index is 13.0. The minimum atomic E-state index is -1.31. The maximum Gasteiger partial charge on any atom is 0.428 e. The summed E-state index contributed by atoms with van der Waals surface area (Å²) in [6, 6.07) is 4.07. The van der Waals surface area contributed by atoms with Gasteiger partial charge in [0.25, 0.3) is 0 Å². The Bertz CT molecular complexity index is 382. The van der Waals surface area contributed by atoms with E-state index in [-0.39, 0.29) is 13.0 Å². The van der Waals surface area contributed by atoms with Crippen LogP contribution in [0.25, 0.3) is 0 Å². The van der Waals surface area contributed by atoms with Crippen LogP contribution in [0.1, 0.15) is 18.1 Å². The van der Waals surface area contributed by atoms with E-state index >= 15 is 0 Å². The SMILES string of the molecule is O=C(O)NOCCC(O)c1cc(F)cc(Br)c1. The number of hydroxylamine groups is 1. The van der Waals surface area contributed by atoms with Crippen molar-refractivity contribution in [2.45, 2.75) is 12.5 Å². The van der Waals surface area contributed by atoms with E-state index in [2.05, 4.69) is 20.8 Å². The van der Waals surface area contributed by atoms with Crippen molar-refractivity contribution < 1.29 is 24.2 Å². The van der Waals surface area contributed by atoms with Crippen molar-refractivity contribution in [1.82, 2.24) is 5.48 Å². The number of carbonyl (C=O) groups is 1. The van der Waals surface area contributed by atoms with Crippen LogP contribution in [0.4, 0.5) is 9.18 Å². The van der Waals surface area contributed by atoms with Gasteiger partial charge in [-0.15, -0.1) is 0 Å². The fraction of sp³-hybridized carbons (Fsp3) is 0.300. The van der Waals surface area contributed by atoms with Crippen molar-refractivity contribution in [1.29, 1.82) is 0 Å². The van der Waals surface area contributed by atoms with E-state index in [1.807, 2.05) is 0 Å². The molecule has 1 aromatic carbocycles. The predicted molar refractivity (Wildman–Crippen MR) is 60.8 cm³/mol. The summed E-state index contributed by atoms with van der Waals surface area (Å²) < 4.78 is 13.5. The zero-order valence-electron chi connectivity index (χ0n) is 8.69. The number of carboxylic acid groups (broad SMARTS) is 1. The second-order valence-corrected chi connectivity index (χ2v) is 4.18. The smallest absolute Gasteiger partial charge is 0.428 e. The van der Waals surface area contributed by atoms with Crippen molar-refractivity contribution >= 4 is 22.0 Å². The first-order chi connectivity index (χ1) is 7.99. The van der Waals surface area contributed by atoms with Gasteiger partial charge in [-0.2, -0.15) is 5.48 Å². The Morgan fingerprint density at radius 2 is 2.24 bits per heavy atom. The van der Waals surface area contributed by atoms with Gasteiger partial charge in [-0.05, 0) is 23.8 Å². The molecule has 0 saturated carbocycles. The minimum absolute atomic E-state index is 0.0123. The summed E-state index contributed by atoms with van der Waals surface area (Å²) >= 11 is 3.11. The monoisotopic (exact) mass is 307 g/mol. The second kappa shape index (κ2) is 6.53. The Morgan fingerprint density at radius 1 is 1.53 bits per heavy atom. The van der Waals surface area contributed by atoms with E-state index in [4.69, 9.17) is 5.11 Å². The van der Waals surface area contributed by atoms with E-state index in [0.717, 1.165) is 0 Å². The molecule has 0 heterocycles. The molecule has 0 aliphatic carbocycles. The summed E-state index contributed by atoms with van der Waals surface area (Å²) in [6.45, 7) is -0.0123. The summed E-state index contributed by atoms with van der Waals surface area (Å²) in [5.74, 6) is -0.460. The molecule has 1 aromatic rings. The van der Waals surface area contributed by atoms with Crippen LogP contribution in [-0.4, -0.2) is 22.9 Å². The Kier molecular flexibility index (Phi) is 5.33. The first-order valence-electron chi connectivity index (χ1n) is 4.74. The fourth-order valence-corrected chi connectivity index (χ4v) is 1.70. The molecule has 7 heteroatoms. The fourth-order valence-electron chi connectivity index (χ4n) is 1.22. The molecule has 0 fully saturated rings. The van der Waals surface area contributed by atoms with Crippen LogP contribution in [0, 0.1) is 5.82 Å². The highest BCUT2D eigenvalue weighted by Gasteiger charge is 2.10. The third kappa shape index (κ3) is 5.12. The van der Waals surface area contributed by atoms with Crippen LogP contribution in [0.5, 0.6) is 0 Å². The molecule has 0 spiro atoms. The number of rotatable bonds is 5. The molecular formula is C10H11BrFNO4. The molecule has 0 saturated heterocycles. The largest absolute Gasteiger partial charge is 0.464 e. The summed E-state index contributed by atoms with van der Waals surface area (Å²) in [6.07, 6.45) is -2.08. The molecule has 5 nitrogen and oxygen atoms in total. The summed E-state index contributed by atoms with van der Waals surface area (Å²) in [5, 5.41) is 17.9. The van der Waals surface area contributed by atoms with Gasteiger partial charge in [0.15, 0.2) is 0 Å². The van der Waals surface area contributed by atoms with Gasteiger partial charge in [0.05, 0.1) is 12.7 Å². The molecule has 0 aromatic heterocycles. The van der Waals surface area contributed by atoms with Gasteiger partial charge < -0.3 is 10.2 Å². The standard InChI is InChI=1S/C10H11BrFNO4/c11-7-3-6(4-8(12)5-7)9(14)1-2-17-13-10(15)16/h3-5,9,13-14H,1-2H2,(H,15,16). The molecule has 1 amide bonds. The van der Waals surface area contributed by atoms with Crippen molar-refractivity contribution in [3.63, 3.8) is 0 Å². The van der Waals surface area contributed by atoms with Gasteiger partial charge in [0.1, 0.15) is 5.82 Å². The molecule has 1 unspecified atom stereocenters. The number of nitrogens with one attached hydrogen (secondary N) is 1. The molecule has 17 heavy (non-hydrogen) atoms. The topological polar surface area (TPSA) is 78.8 Å². The van der Waals surface area contributed by atoms with E-state index in [0.29, 0.717) is 10.0 Å². The Labute approximate surface area is 105 Å². The van der Waals surface area contributed by atoms with Crippen molar-refractivity contribution in [2.75, 3.05) is 6.61 Å². The van der Waals surface area contributed by atoms with E-state index in [1.165, 1.54) is 12.1 Å². The highest BCUT2D eigenvalue weighted by molar-refractivity contribution is 9.10. The average molecular weight is 308 g/mol. The van der Waals surface area contributed by atoms with Gasteiger partial charge in [-0.3, -0.25) is 4.84 Å². The van der Waals surface area contributed by atoms with Crippen LogP contribution in [0.3, 0.4) is 0 Å². The van der Waals surface area contributed by atoms with Crippen LogP contribution in [-0.2, 0) is 4.84 Å². The Balaban J connectivity index is 2.46. The van der Waals surface area contributed by atoms with E-state index in [9.17, 15) is 14.3 Å². The third-order valence-corrected chi connectivity index (χ3v) is 2.38. The van der Waals surface area contributed by atoms with Gasteiger partial charge >= 0.3 is 6.09 Å². The lowest BCUT2D eigenvalue weighted by Crippen LogP contribution is -2.22. The lowest BCUT2D eigenvalue weighted by molar-refractivity contribution is 0.0212. The zero-order chi connectivity index (χ0) is 12.8. The molecular weight excluding hydrogens is 297 g/mol. The quantitative estimate of drug-likeness (QED) is 0.575. The van der Waals surface area contributed by atoms with Crippen LogP contribution in [0.2, 0.25) is 0 Å². The van der Waals surface area contributed by atoms with Crippen LogP contribution < -0.4 is 5.48 Å². The van der Waals surface area contributed by atoms with Crippen molar-refractivity contribution in [3.05, 3.63) is 34.1 Å². The predicted octanol–water partition coefficient (Wildman–Crippen LogP) is 2.21. The van der Waals surface area contributed by atoms with Gasteiger partial charge in [-0.1, -0.05) is 15.9 Å². The van der Waals surface area contributed by atoms with Crippen molar-refractivity contribution in [3.8, 4) is 0 Å². The summed E-state index contributed by atoms with van der Waals surface area (Å²) in [4.78, 5) is 14.6. The minimum Gasteiger partial charge on any atom is -0.464 e. The molecule has 94 valence electrons. The van der Waals surface area contributed by atoms with Crippen LogP contribution >= 0.6 is 15.9 Å². The molecule has 0 aliphatic heterocycles. The normalized spacial score (nSPS) is 12.2. The molecule has 0 aliphatic rings. The molecule has 1 rings (SSSR count). The maximum absolute atomic E-state index is 13.0. The number of aliphatic hydroxyl groups is 1. The lowest BCUT2D eigenvalue weighted by Gasteiger charge is -2.11. The molecule has 0 bridgehead atoms. The first kappa shape index (κ1) is 13.9. The number of amides is 1. The van der Waals surface area contributed by atoms with Crippen LogP contribution in [0.15, 0.2) is 22.7 Å². The van der Waals surface area contributed by atoms with Gasteiger partial charge in [0, 0.05) is 10.9 Å². The number of hydrogen-bond donors (Lipinski definition) is 3. The number of aliphatic hydroxyl groups excluding tert-OH is 1. The average Bonchev–Trinajstić information content (AvgIpc) is 2.22. The zero-order valence-corrected chi connectivity index (χ0v) is 10.3. The van der Waals surface area contributed by atoms with E-state index in [1.54, 1.807) is 11.5 Å². The highest BCUT2D eigenvalue weighted by Crippen LogP contribution is 2.22. The Morgan fingerprint density at radius 3 is 2.82 bits per heavy atom. The molecule has 1 atom stereocenters. The molecule has 3 N–H and O–H groups in total. The lowest BCUT2D eigenvalue weighted by atomic mass is 10.1. The van der Waals surface area contributed by atoms with E-state index < -0.39 is 18.0 Å². The van der Waals surface area contributed by atoms with Gasteiger partial charge in [-0.25, -0.2) is 9.18 Å². The number of benzene rings is 1. The van der Waals surface area contributed by atoms with Gasteiger partial charge in [0.2, 0.25) is 0 Å². The summed E-state index contributed by atoms with van der Waals surface area (Å²) in [7, 11) is 0. The number of halogens is 2. The third-order valence-electron chi connectivity index (χ3n) is 1.92. The summed E-state index contributed by atoms with van der Waals surface area (Å²) in [5.41, 5.74) is 2.10. The van der Waals surface area contributed by atoms with Crippen molar-refractivity contribution in [2.24, 2.45) is 0 Å². The molecule has 0 radical (unpaired) electrons. The Hall–Kier alpha value is -1.18. The second-order valence-electron chi connectivity index (χ2n) is 3.26. The first-order valence-corrected chi connectivity index (χ1v) is 5.53. The highest BCUT2D eigenvalue weighted by atomic mass is 79.9. The number of hydrogen-bond acceptors (Lipinski definition) is 3.